The molecular weight excluding hydrogens is 709 g/mol. The lowest BCUT2D eigenvalue weighted by atomic mass is 10.0. The highest BCUT2D eigenvalue weighted by Crippen LogP contribution is 2.44. The van der Waals surface area contributed by atoms with Crippen LogP contribution in [0.4, 0.5) is 4.79 Å². The van der Waals surface area contributed by atoms with Crippen molar-refractivity contribution in [3.05, 3.63) is 0 Å². The topological polar surface area (TPSA) is 77.1 Å². The molecule has 1 N–H and O–H groups in total. The van der Waals surface area contributed by atoms with Gasteiger partial charge in [0.05, 0.1) is 12.2 Å². The molecule has 1 fully saturated rings. The van der Waals surface area contributed by atoms with Crippen LogP contribution in [-0.2, 0) is 19.0 Å². The van der Waals surface area contributed by atoms with Gasteiger partial charge in [0.15, 0.2) is 0 Å². The number of nitrogens with one attached hydrogen (secondary N) is 1. The highest BCUT2D eigenvalue weighted by Gasteiger charge is 2.42. The first-order valence-electron chi connectivity index (χ1n) is 25.4. The highest BCUT2D eigenvalue weighted by molar-refractivity contribution is 5.69. The summed E-state index contributed by atoms with van der Waals surface area (Å²) in [6.45, 7) is 13.9. The maximum absolute atomic E-state index is 12.8. The number of ether oxygens (including phenoxy) is 3. The molecule has 0 heterocycles. The van der Waals surface area contributed by atoms with Crippen LogP contribution in [0.15, 0.2) is 0 Å². The fraction of sp³-hybridized carbons (Fsp3) is 0.960. The summed E-state index contributed by atoms with van der Waals surface area (Å²) >= 11 is 0. The zero-order chi connectivity index (χ0) is 41.3. The number of hydrogen-bond acceptors (Lipinski definition) is 6. The molecule has 0 aromatic rings. The smallest absolute Gasteiger partial charge is 0.407 e. The summed E-state index contributed by atoms with van der Waals surface area (Å²) in [6, 6.07) is 0. The van der Waals surface area contributed by atoms with Crippen LogP contribution in [0.25, 0.3) is 0 Å². The quantitative estimate of drug-likeness (QED) is 0.0488. The summed E-state index contributed by atoms with van der Waals surface area (Å²) < 4.78 is 17.5. The Morgan fingerprint density at radius 2 is 1.00 bits per heavy atom. The van der Waals surface area contributed by atoms with Gasteiger partial charge < -0.3 is 24.4 Å². The molecule has 7 heteroatoms. The second-order valence-corrected chi connectivity index (χ2v) is 17.8. The Labute approximate surface area is 355 Å². The first-order chi connectivity index (χ1) is 28.0. The normalized spacial score (nSPS) is 13.4. The number of amides is 1. The maximum Gasteiger partial charge on any atom is 0.407 e. The van der Waals surface area contributed by atoms with E-state index in [9.17, 15) is 9.59 Å². The van der Waals surface area contributed by atoms with E-state index in [4.69, 9.17) is 14.2 Å². The summed E-state index contributed by atoms with van der Waals surface area (Å²) in [5, 5.41) is 2.89. The average Bonchev–Trinajstić information content (AvgIpc) is 3.98. The van der Waals surface area contributed by atoms with Crippen molar-refractivity contribution in [2.45, 2.75) is 271 Å². The minimum absolute atomic E-state index is 0.0266. The minimum Gasteiger partial charge on any atom is -0.462 e. The molecule has 0 radical (unpaired) electrons. The van der Waals surface area contributed by atoms with E-state index in [1.54, 1.807) is 0 Å². The molecule has 0 aromatic heterocycles. The lowest BCUT2D eigenvalue weighted by molar-refractivity contribution is -0.150. The van der Waals surface area contributed by atoms with E-state index in [1.165, 1.54) is 193 Å². The van der Waals surface area contributed by atoms with Crippen molar-refractivity contribution in [2.75, 3.05) is 39.4 Å². The molecular formula is C50H98N2O5. The van der Waals surface area contributed by atoms with Crippen LogP contribution in [0.2, 0.25) is 0 Å². The summed E-state index contributed by atoms with van der Waals surface area (Å²) in [5.74, 6) is 0.0266. The number of carbonyl (C=O) groups excluding carboxylic acids is 2. The van der Waals surface area contributed by atoms with Gasteiger partial charge in [0.1, 0.15) is 6.10 Å². The van der Waals surface area contributed by atoms with E-state index in [0.29, 0.717) is 19.6 Å². The van der Waals surface area contributed by atoms with Crippen molar-refractivity contribution in [3.63, 3.8) is 0 Å². The Bertz CT molecular complexity index is 865. The molecule has 338 valence electrons. The van der Waals surface area contributed by atoms with Crippen LogP contribution in [-0.4, -0.2) is 68.1 Å². The van der Waals surface area contributed by atoms with Crippen molar-refractivity contribution in [1.29, 1.82) is 0 Å². The summed E-state index contributed by atoms with van der Waals surface area (Å²) in [6.07, 6.45) is 44.1. The first kappa shape index (κ1) is 53.7. The van der Waals surface area contributed by atoms with Gasteiger partial charge in [-0.2, -0.15) is 0 Å². The van der Waals surface area contributed by atoms with Crippen molar-refractivity contribution < 1.29 is 23.8 Å². The lowest BCUT2D eigenvalue weighted by Crippen LogP contribution is -2.31. The molecule has 0 unspecified atom stereocenters. The number of alkyl carbamates (subject to hydrolysis) is 1. The van der Waals surface area contributed by atoms with Crippen LogP contribution >= 0.6 is 0 Å². The van der Waals surface area contributed by atoms with E-state index in [-0.39, 0.29) is 23.8 Å². The number of esters is 1. The Balaban J connectivity index is 2.28. The van der Waals surface area contributed by atoms with Gasteiger partial charge in [0.2, 0.25) is 0 Å². The summed E-state index contributed by atoms with van der Waals surface area (Å²) in [7, 11) is 0. The molecule has 0 aliphatic heterocycles. The van der Waals surface area contributed by atoms with Crippen molar-refractivity contribution in [2.24, 2.45) is 0 Å². The standard InChI is InChI=1S/C50H98N2O5/c1-5-9-12-15-18-27-34-46-56-50(40-41-50)39-31-24-20-26-33-44-52(45-35-42-51-49(54)55-8-4)43-32-25-19-23-30-38-48(53)57-47(36-28-21-16-13-10-6-2)37-29-22-17-14-11-7-3/h47H,5-46H2,1-4H3,(H,51,54). The highest BCUT2D eigenvalue weighted by atomic mass is 16.5. The molecule has 1 rings (SSSR count). The monoisotopic (exact) mass is 807 g/mol. The fourth-order valence-corrected chi connectivity index (χ4v) is 8.22. The molecule has 1 amide bonds. The van der Waals surface area contributed by atoms with Crippen LogP contribution in [0.1, 0.15) is 259 Å². The van der Waals surface area contributed by atoms with E-state index >= 15 is 0 Å². The molecule has 1 aliphatic carbocycles. The van der Waals surface area contributed by atoms with Crippen molar-refractivity contribution in [1.82, 2.24) is 10.2 Å². The predicted octanol–water partition coefficient (Wildman–Crippen LogP) is 14.8. The van der Waals surface area contributed by atoms with Gasteiger partial charge in [-0.1, -0.05) is 168 Å². The molecule has 57 heavy (non-hydrogen) atoms. The Morgan fingerprint density at radius 1 is 0.544 bits per heavy atom. The third-order valence-corrected chi connectivity index (χ3v) is 12.2. The van der Waals surface area contributed by atoms with Crippen molar-refractivity contribution >= 4 is 12.1 Å². The molecule has 1 aliphatic rings. The molecule has 0 aromatic carbocycles. The van der Waals surface area contributed by atoms with E-state index in [0.717, 1.165) is 58.3 Å². The van der Waals surface area contributed by atoms with E-state index in [1.807, 2.05) is 6.92 Å². The zero-order valence-corrected chi connectivity index (χ0v) is 38.8. The van der Waals surface area contributed by atoms with E-state index in [2.05, 4.69) is 31.0 Å². The number of carbonyl (C=O) groups is 2. The molecule has 7 nitrogen and oxygen atoms in total. The zero-order valence-electron chi connectivity index (χ0n) is 38.8. The third kappa shape index (κ3) is 35.2. The van der Waals surface area contributed by atoms with Gasteiger partial charge >= 0.3 is 12.1 Å². The van der Waals surface area contributed by atoms with Gasteiger partial charge in [0.25, 0.3) is 0 Å². The lowest BCUT2D eigenvalue weighted by Gasteiger charge is -2.22. The molecule has 0 spiro atoms. The van der Waals surface area contributed by atoms with Gasteiger partial charge in [-0.15, -0.1) is 0 Å². The van der Waals surface area contributed by atoms with Crippen LogP contribution in [0.3, 0.4) is 0 Å². The van der Waals surface area contributed by atoms with Gasteiger partial charge in [-0.05, 0) is 104 Å². The number of unbranched alkanes of at least 4 members (excludes halogenated alkanes) is 24. The fourth-order valence-electron chi connectivity index (χ4n) is 8.22. The van der Waals surface area contributed by atoms with Gasteiger partial charge in [-0.25, -0.2) is 4.79 Å². The van der Waals surface area contributed by atoms with Crippen molar-refractivity contribution in [3.8, 4) is 0 Å². The number of nitrogens with zero attached hydrogens (tertiary/aromatic N) is 1. The predicted molar refractivity (Wildman–Crippen MR) is 243 cm³/mol. The van der Waals surface area contributed by atoms with Crippen LogP contribution in [0.5, 0.6) is 0 Å². The SMILES string of the molecule is CCCCCCCCCOC1(CCCCCCCN(CCCCCCCC(=O)OC(CCCCCCCC)CCCCCCCC)CCCNC(=O)OCC)CC1. The largest absolute Gasteiger partial charge is 0.462 e. The first-order valence-corrected chi connectivity index (χ1v) is 25.4. The minimum atomic E-state index is -0.310. The van der Waals surface area contributed by atoms with Gasteiger partial charge in [-0.3, -0.25) is 4.79 Å². The number of rotatable bonds is 45. The third-order valence-electron chi connectivity index (χ3n) is 12.2. The van der Waals surface area contributed by atoms with Gasteiger partial charge in [0, 0.05) is 19.6 Å². The second kappa shape index (κ2) is 40.1. The molecule has 0 atom stereocenters. The molecule has 0 bridgehead atoms. The maximum atomic E-state index is 12.8. The second-order valence-electron chi connectivity index (χ2n) is 17.8. The summed E-state index contributed by atoms with van der Waals surface area (Å²) in [4.78, 5) is 27.2. The van der Waals surface area contributed by atoms with Crippen LogP contribution in [0, 0.1) is 0 Å². The number of hydrogen-bond donors (Lipinski definition) is 1. The van der Waals surface area contributed by atoms with E-state index < -0.39 is 0 Å². The molecule has 0 saturated heterocycles. The summed E-state index contributed by atoms with van der Waals surface area (Å²) in [5.41, 5.74) is 0.239. The van der Waals surface area contributed by atoms with Crippen LogP contribution < -0.4 is 5.32 Å². The Morgan fingerprint density at radius 3 is 1.53 bits per heavy atom. The molecule has 1 saturated carbocycles. The average molecular weight is 807 g/mol. The Hall–Kier alpha value is -1.34. The Kier molecular flexibility index (Phi) is 37.7.